The molecule has 0 fully saturated rings. The molecular weight excluding hydrogens is 306 g/mol. The van der Waals surface area contributed by atoms with Crippen LogP contribution in [-0.2, 0) is 11.2 Å². The lowest BCUT2D eigenvalue weighted by molar-refractivity contribution is -0.122. The first kappa shape index (κ1) is 16.5. The number of carbonyl (C=O) groups is 1. The van der Waals surface area contributed by atoms with Crippen molar-refractivity contribution >= 4 is 17.5 Å². The maximum Gasteiger partial charge on any atom is 0.226 e. The predicted octanol–water partition coefficient (Wildman–Crippen LogP) is 2.20. The van der Waals surface area contributed by atoms with Crippen LogP contribution in [-0.4, -0.2) is 27.8 Å². The number of aliphatic hydroxyl groups is 1. The molecule has 1 aromatic heterocycles. The van der Waals surface area contributed by atoms with E-state index in [1.165, 1.54) is 0 Å². The molecule has 1 amide bonds. The second-order valence-electron chi connectivity index (χ2n) is 4.94. The Hall–Kier alpha value is -1.92. The Morgan fingerprint density at radius 1 is 1.41 bits per heavy atom. The summed E-state index contributed by atoms with van der Waals surface area (Å²) in [6.07, 6.45) is 1.48. The van der Waals surface area contributed by atoms with Crippen molar-refractivity contribution in [3.8, 4) is 0 Å². The molecule has 2 N–H and O–H groups in total. The smallest absolute Gasteiger partial charge is 0.226 e. The van der Waals surface area contributed by atoms with Gasteiger partial charge in [-0.1, -0.05) is 28.9 Å². The maximum absolute atomic E-state index is 11.9. The van der Waals surface area contributed by atoms with Gasteiger partial charge in [0.1, 0.15) is 0 Å². The number of amides is 1. The summed E-state index contributed by atoms with van der Waals surface area (Å²) in [4.78, 5) is 16.0. The van der Waals surface area contributed by atoms with Gasteiger partial charge in [0.15, 0.2) is 5.82 Å². The van der Waals surface area contributed by atoms with E-state index >= 15 is 0 Å². The molecular formula is C15H18ClN3O3. The molecule has 0 aliphatic carbocycles. The van der Waals surface area contributed by atoms with Gasteiger partial charge in [-0.2, -0.15) is 4.98 Å². The van der Waals surface area contributed by atoms with Crippen LogP contribution in [0.3, 0.4) is 0 Å². The number of rotatable bonds is 7. The van der Waals surface area contributed by atoms with Gasteiger partial charge in [0, 0.05) is 17.9 Å². The first-order valence-corrected chi connectivity index (χ1v) is 7.41. The summed E-state index contributed by atoms with van der Waals surface area (Å²) in [6, 6.07) is 6.58. The third kappa shape index (κ3) is 4.82. The van der Waals surface area contributed by atoms with Crippen LogP contribution in [0.15, 0.2) is 28.8 Å². The molecule has 6 nitrogen and oxygen atoms in total. The van der Waals surface area contributed by atoms with Crippen LogP contribution >= 0.6 is 11.6 Å². The molecule has 0 radical (unpaired) electrons. The lowest BCUT2D eigenvalue weighted by Crippen LogP contribution is -2.30. The second kappa shape index (κ2) is 7.91. The van der Waals surface area contributed by atoms with E-state index in [0.717, 1.165) is 5.56 Å². The van der Waals surface area contributed by atoms with Crippen LogP contribution in [0.4, 0.5) is 0 Å². The fourth-order valence-electron chi connectivity index (χ4n) is 2.04. The molecule has 0 aliphatic rings. The minimum Gasteiger partial charge on any atom is -0.394 e. The van der Waals surface area contributed by atoms with Gasteiger partial charge in [0.25, 0.3) is 0 Å². The molecule has 2 aromatic rings. The van der Waals surface area contributed by atoms with Crippen molar-refractivity contribution in [1.82, 2.24) is 15.5 Å². The minimum atomic E-state index is -0.435. The van der Waals surface area contributed by atoms with Crippen molar-refractivity contribution in [3.63, 3.8) is 0 Å². The lowest BCUT2D eigenvalue weighted by atomic mass is 10.1. The Kier molecular flexibility index (Phi) is 5.91. The van der Waals surface area contributed by atoms with E-state index in [4.69, 9.17) is 16.1 Å². The van der Waals surface area contributed by atoms with Crippen LogP contribution in [0, 0.1) is 6.92 Å². The summed E-state index contributed by atoms with van der Waals surface area (Å²) in [5.74, 6) is 0.981. The Morgan fingerprint density at radius 3 is 2.73 bits per heavy atom. The number of hydrogen-bond acceptors (Lipinski definition) is 5. The van der Waals surface area contributed by atoms with Crippen molar-refractivity contribution < 1.29 is 14.4 Å². The number of halogens is 1. The molecule has 7 heteroatoms. The van der Waals surface area contributed by atoms with Crippen molar-refractivity contribution in [2.45, 2.75) is 32.2 Å². The third-order valence-corrected chi connectivity index (χ3v) is 3.41. The van der Waals surface area contributed by atoms with Gasteiger partial charge in [-0.15, -0.1) is 0 Å². The second-order valence-corrected chi connectivity index (χ2v) is 5.38. The molecule has 1 heterocycles. The Labute approximate surface area is 133 Å². The zero-order valence-corrected chi connectivity index (χ0v) is 13.0. The number of carbonyl (C=O) groups excluding carboxylic acids is 1. The Bertz CT molecular complexity index is 613. The fourth-order valence-corrected chi connectivity index (χ4v) is 2.16. The zero-order chi connectivity index (χ0) is 15.9. The van der Waals surface area contributed by atoms with E-state index in [1.807, 2.05) is 0 Å². The molecule has 1 atom stereocenters. The summed E-state index contributed by atoms with van der Waals surface area (Å²) in [7, 11) is 0. The minimum absolute atomic E-state index is 0.134. The van der Waals surface area contributed by atoms with Gasteiger partial charge >= 0.3 is 0 Å². The number of aryl methyl sites for hydroxylation is 2. The van der Waals surface area contributed by atoms with Crippen molar-refractivity contribution in [2.24, 2.45) is 0 Å². The number of benzene rings is 1. The Balaban J connectivity index is 1.80. The van der Waals surface area contributed by atoms with Gasteiger partial charge in [-0.05, 0) is 31.0 Å². The zero-order valence-electron chi connectivity index (χ0n) is 12.3. The summed E-state index contributed by atoms with van der Waals surface area (Å²) in [5.41, 5.74) is 0.813. The fraction of sp³-hybridized carbons (Fsp3) is 0.400. The third-order valence-electron chi connectivity index (χ3n) is 3.15. The van der Waals surface area contributed by atoms with Crippen LogP contribution in [0.25, 0.3) is 0 Å². The van der Waals surface area contributed by atoms with E-state index in [9.17, 15) is 9.90 Å². The number of hydrogen-bond donors (Lipinski definition) is 2. The average Bonchev–Trinajstić information content (AvgIpc) is 2.91. The van der Waals surface area contributed by atoms with Gasteiger partial charge in [-0.25, -0.2) is 0 Å². The first-order chi connectivity index (χ1) is 10.6. The topological polar surface area (TPSA) is 88.2 Å². The van der Waals surface area contributed by atoms with Crippen LogP contribution in [0.5, 0.6) is 0 Å². The summed E-state index contributed by atoms with van der Waals surface area (Å²) >= 11 is 5.82. The molecule has 0 spiro atoms. The SMILES string of the molecule is Cc1noc(CCCC(=O)NC(CO)c2ccc(Cl)cc2)n1. The molecule has 118 valence electrons. The molecule has 0 saturated heterocycles. The molecule has 2 rings (SSSR count). The quantitative estimate of drug-likeness (QED) is 0.815. The largest absolute Gasteiger partial charge is 0.394 e. The van der Waals surface area contributed by atoms with Gasteiger partial charge in [0.2, 0.25) is 11.8 Å². The molecule has 22 heavy (non-hydrogen) atoms. The van der Waals surface area contributed by atoms with Gasteiger partial charge in [0.05, 0.1) is 12.6 Å². The number of aliphatic hydroxyl groups excluding tert-OH is 1. The maximum atomic E-state index is 11.9. The summed E-state index contributed by atoms with van der Waals surface area (Å²) in [6.45, 7) is 1.58. The summed E-state index contributed by atoms with van der Waals surface area (Å²) in [5, 5.41) is 16.5. The van der Waals surface area contributed by atoms with Crippen LogP contribution < -0.4 is 5.32 Å². The molecule has 0 aliphatic heterocycles. The van der Waals surface area contributed by atoms with Crippen LogP contribution in [0.1, 0.15) is 36.2 Å². The highest BCUT2D eigenvalue weighted by molar-refractivity contribution is 6.30. The van der Waals surface area contributed by atoms with Crippen molar-refractivity contribution in [1.29, 1.82) is 0 Å². The van der Waals surface area contributed by atoms with E-state index in [2.05, 4.69) is 15.5 Å². The monoisotopic (exact) mass is 323 g/mol. The van der Waals surface area contributed by atoms with Crippen molar-refractivity contribution in [2.75, 3.05) is 6.61 Å². The molecule has 0 saturated carbocycles. The number of aromatic nitrogens is 2. The van der Waals surface area contributed by atoms with Crippen molar-refractivity contribution in [3.05, 3.63) is 46.6 Å². The molecule has 0 bridgehead atoms. The lowest BCUT2D eigenvalue weighted by Gasteiger charge is -2.16. The predicted molar refractivity (Wildman–Crippen MR) is 81.4 cm³/mol. The molecule has 1 aromatic carbocycles. The highest BCUT2D eigenvalue weighted by atomic mass is 35.5. The normalized spacial score (nSPS) is 12.1. The molecule has 1 unspecified atom stereocenters. The van der Waals surface area contributed by atoms with E-state index in [0.29, 0.717) is 36.0 Å². The number of nitrogens with one attached hydrogen (secondary N) is 1. The van der Waals surface area contributed by atoms with E-state index in [1.54, 1.807) is 31.2 Å². The Morgan fingerprint density at radius 2 is 2.14 bits per heavy atom. The van der Waals surface area contributed by atoms with E-state index < -0.39 is 6.04 Å². The van der Waals surface area contributed by atoms with E-state index in [-0.39, 0.29) is 12.5 Å². The average molecular weight is 324 g/mol. The first-order valence-electron chi connectivity index (χ1n) is 7.03. The van der Waals surface area contributed by atoms with Gasteiger partial charge < -0.3 is 14.9 Å². The van der Waals surface area contributed by atoms with Gasteiger partial charge in [-0.3, -0.25) is 4.79 Å². The van der Waals surface area contributed by atoms with Crippen LogP contribution in [0.2, 0.25) is 5.02 Å². The highest BCUT2D eigenvalue weighted by Gasteiger charge is 2.14. The highest BCUT2D eigenvalue weighted by Crippen LogP contribution is 2.16. The number of nitrogens with zero attached hydrogens (tertiary/aromatic N) is 2. The standard InChI is InChI=1S/C15H18ClN3O3/c1-10-17-15(22-19-10)4-2-3-14(21)18-13(9-20)11-5-7-12(16)8-6-11/h5-8,13,20H,2-4,9H2,1H3,(H,18,21). The summed E-state index contributed by atoms with van der Waals surface area (Å²) < 4.78 is 4.98.